The molecule has 4 nitrogen and oxygen atoms in total. The summed E-state index contributed by atoms with van der Waals surface area (Å²) in [6, 6.07) is 0.728. The molecule has 3 N–H and O–H groups in total. The third kappa shape index (κ3) is 1.04. The summed E-state index contributed by atoms with van der Waals surface area (Å²) >= 11 is 0. The fourth-order valence-electron chi connectivity index (χ4n) is 2.77. The van der Waals surface area contributed by atoms with Gasteiger partial charge in [0.15, 0.2) is 0 Å². The van der Waals surface area contributed by atoms with Gasteiger partial charge in [-0.1, -0.05) is 0 Å². The fraction of sp³-hybridized carbons (Fsp3) is 0.700. The number of hydrogen-bond donors (Lipinski definition) is 2. The van der Waals surface area contributed by atoms with E-state index in [0.29, 0.717) is 5.92 Å². The Kier molecular flexibility index (Phi) is 1.85. The third-order valence-electron chi connectivity index (χ3n) is 3.62. The van der Waals surface area contributed by atoms with Crippen molar-refractivity contribution in [3.8, 4) is 0 Å². The van der Waals surface area contributed by atoms with Crippen molar-refractivity contribution in [2.24, 2.45) is 5.73 Å². The van der Waals surface area contributed by atoms with E-state index in [1.807, 2.05) is 6.20 Å². The lowest BCUT2D eigenvalue weighted by Crippen LogP contribution is -2.50. The Labute approximate surface area is 83.5 Å². The SMILES string of the molecule is NCCN1Cc2cn[nH]c2C2CCC21. The number of nitrogens with one attached hydrogen (secondary N) is 1. The third-order valence-corrected chi connectivity index (χ3v) is 3.62. The van der Waals surface area contributed by atoms with Gasteiger partial charge in [0.05, 0.1) is 6.20 Å². The summed E-state index contributed by atoms with van der Waals surface area (Å²) < 4.78 is 0. The van der Waals surface area contributed by atoms with Gasteiger partial charge in [0, 0.05) is 42.9 Å². The molecule has 0 spiro atoms. The number of H-pyrrole nitrogens is 1. The molecular formula is C10H16N4. The minimum atomic E-state index is 0.702. The quantitative estimate of drug-likeness (QED) is 0.714. The summed E-state index contributed by atoms with van der Waals surface area (Å²) in [6.45, 7) is 2.81. The topological polar surface area (TPSA) is 57.9 Å². The molecule has 1 aliphatic carbocycles. The molecule has 1 aromatic rings. The van der Waals surface area contributed by atoms with Crippen LogP contribution in [0.1, 0.15) is 30.0 Å². The predicted molar refractivity (Wildman–Crippen MR) is 53.8 cm³/mol. The van der Waals surface area contributed by atoms with Gasteiger partial charge in [-0.05, 0) is 12.8 Å². The largest absolute Gasteiger partial charge is 0.329 e. The van der Waals surface area contributed by atoms with Gasteiger partial charge in [-0.3, -0.25) is 10.00 Å². The van der Waals surface area contributed by atoms with Gasteiger partial charge in [-0.15, -0.1) is 0 Å². The number of fused-ring (bicyclic) bond motifs is 3. The van der Waals surface area contributed by atoms with Crippen LogP contribution in [0.5, 0.6) is 0 Å². The van der Waals surface area contributed by atoms with E-state index in [9.17, 15) is 0 Å². The molecular weight excluding hydrogens is 176 g/mol. The summed E-state index contributed by atoms with van der Waals surface area (Å²) in [4.78, 5) is 2.51. The Hall–Kier alpha value is -0.870. The molecule has 2 atom stereocenters. The Morgan fingerprint density at radius 2 is 2.50 bits per heavy atom. The molecule has 3 rings (SSSR count). The molecule has 0 aromatic carbocycles. The van der Waals surface area contributed by atoms with E-state index < -0.39 is 0 Å². The first kappa shape index (κ1) is 8.44. The molecule has 4 heteroatoms. The lowest BCUT2D eigenvalue weighted by Gasteiger charge is -2.47. The van der Waals surface area contributed by atoms with Crippen LogP contribution in [0.4, 0.5) is 0 Å². The monoisotopic (exact) mass is 192 g/mol. The molecule has 1 fully saturated rings. The number of nitrogens with zero attached hydrogens (tertiary/aromatic N) is 2. The van der Waals surface area contributed by atoms with Crippen LogP contribution in [-0.2, 0) is 6.54 Å². The molecule has 1 aliphatic heterocycles. The van der Waals surface area contributed by atoms with Crippen molar-refractivity contribution in [1.29, 1.82) is 0 Å². The van der Waals surface area contributed by atoms with Gasteiger partial charge in [-0.2, -0.15) is 5.10 Å². The minimum Gasteiger partial charge on any atom is -0.329 e. The van der Waals surface area contributed by atoms with Crippen LogP contribution in [0, 0.1) is 0 Å². The van der Waals surface area contributed by atoms with Crippen molar-refractivity contribution in [2.45, 2.75) is 31.3 Å². The molecule has 14 heavy (non-hydrogen) atoms. The number of aromatic nitrogens is 2. The summed E-state index contributed by atoms with van der Waals surface area (Å²) in [7, 11) is 0. The molecule has 2 unspecified atom stereocenters. The van der Waals surface area contributed by atoms with Crippen molar-refractivity contribution >= 4 is 0 Å². The average molecular weight is 192 g/mol. The van der Waals surface area contributed by atoms with Gasteiger partial charge in [-0.25, -0.2) is 0 Å². The molecule has 1 aromatic heterocycles. The highest BCUT2D eigenvalue weighted by Crippen LogP contribution is 2.44. The van der Waals surface area contributed by atoms with Crippen LogP contribution in [-0.4, -0.2) is 34.2 Å². The fourth-order valence-corrected chi connectivity index (χ4v) is 2.77. The van der Waals surface area contributed by atoms with Crippen molar-refractivity contribution in [3.63, 3.8) is 0 Å². The van der Waals surface area contributed by atoms with E-state index in [-0.39, 0.29) is 0 Å². The molecule has 2 aliphatic rings. The summed E-state index contributed by atoms with van der Waals surface area (Å²) in [6.07, 6.45) is 4.59. The van der Waals surface area contributed by atoms with Crippen LogP contribution in [0.15, 0.2) is 6.20 Å². The predicted octanol–water partition coefficient (Wildman–Crippen LogP) is 0.430. The van der Waals surface area contributed by atoms with Crippen molar-refractivity contribution < 1.29 is 0 Å². The van der Waals surface area contributed by atoms with Crippen LogP contribution >= 0.6 is 0 Å². The standard InChI is InChI=1S/C10H16N4/c11-3-4-14-6-7-5-12-13-10(7)8-1-2-9(8)14/h5,8-9H,1-4,6,11H2,(H,12,13). The van der Waals surface area contributed by atoms with E-state index in [0.717, 1.165) is 25.7 Å². The lowest BCUT2D eigenvalue weighted by atomic mass is 9.73. The highest BCUT2D eigenvalue weighted by atomic mass is 15.2. The zero-order valence-corrected chi connectivity index (χ0v) is 8.24. The lowest BCUT2D eigenvalue weighted by molar-refractivity contribution is 0.0793. The summed E-state index contributed by atoms with van der Waals surface area (Å²) in [5.74, 6) is 0.702. The first-order chi connectivity index (χ1) is 6.90. The maximum atomic E-state index is 5.62. The highest BCUT2D eigenvalue weighted by molar-refractivity contribution is 5.28. The molecule has 0 amide bonds. The van der Waals surface area contributed by atoms with Crippen LogP contribution in [0.2, 0.25) is 0 Å². The zero-order chi connectivity index (χ0) is 9.54. The summed E-state index contributed by atoms with van der Waals surface area (Å²) in [5.41, 5.74) is 8.38. The normalized spacial score (nSPS) is 30.6. The zero-order valence-electron chi connectivity index (χ0n) is 8.24. The van der Waals surface area contributed by atoms with E-state index in [2.05, 4.69) is 15.1 Å². The molecule has 0 saturated heterocycles. The Balaban J connectivity index is 1.89. The van der Waals surface area contributed by atoms with E-state index >= 15 is 0 Å². The van der Waals surface area contributed by atoms with Gasteiger partial charge in [0.1, 0.15) is 0 Å². The van der Waals surface area contributed by atoms with Crippen molar-refractivity contribution in [1.82, 2.24) is 15.1 Å². The van der Waals surface area contributed by atoms with E-state index in [1.54, 1.807) is 0 Å². The Bertz CT molecular complexity index is 333. The van der Waals surface area contributed by atoms with Crippen LogP contribution in [0.25, 0.3) is 0 Å². The Morgan fingerprint density at radius 1 is 1.57 bits per heavy atom. The Morgan fingerprint density at radius 3 is 3.21 bits per heavy atom. The number of hydrogen-bond acceptors (Lipinski definition) is 3. The molecule has 1 saturated carbocycles. The second kappa shape index (κ2) is 3.07. The van der Waals surface area contributed by atoms with Crippen molar-refractivity contribution in [3.05, 3.63) is 17.5 Å². The van der Waals surface area contributed by atoms with Gasteiger partial charge in [0.2, 0.25) is 0 Å². The average Bonchev–Trinajstić information content (AvgIpc) is 2.51. The van der Waals surface area contributed by atoms with Crippen LogP contribution in [0.3, 0.4) is 0 Å². The minimum absolute atomic E-state index is 0.702. The molecule has 0 bridgehead atoms. The van der Waals surface area contributed by atoms with E-state index in [4.69, 9.17) is 5.73 Å². The number of nitrogens with two attached hydrogens (primary N) is 1. The van der Waals surface area contributed by atoms with Gasteiger partial charge < -0.3 is 5.73 Å². The number of rotatable bonds is 2. The maximum absolute atomic E-state index is 5.62. The van der Waals surface area contributed by atoms with E-state index in [1.165, 1.54) is 24.1 Å². The second-order valence-corrected chi connectivity index (χ2v) is 4.32. The van der Waals surface area contributed by atoms with Gasteiger partial charge >= 0.3 is 0 Å². The summed E-state index contributed by atoms with van der Waals surface area (Å²) in [5, 5.41) is 7.28. The highest BCUT2D eigenvalue weighted by Gasteiger charge is 2.41. The first-order valence-corrected chi connectivity index (χ1v) is 5.36. The van der Waals surface area contributed by atoms with Gasteiger partial charge in [0.25, 0.3) is 0 Å². The molecule has 0 radical (unpaired) electrons. The molecule has 76 valence electrons. The van der Waals surface area contributed by atoms with Crippen molar-refractivity contribution in [2.75, 3.05) is 13.1 Å². The smallest absolute Gasteiger partial charge is 0.0535 e. The second-order valence-electron chi connectivity index (χ2n) is 4.32. The maximum Gasteiger partial charge on any atom is 0.0535 e. The van der Waals surface area contributed by atoms with Crippen LogP contribution < -0.4 is 5.73 Å². The molecule has 2 heterocycles. The first-order valence-electron chi connectivity index (χ1n) is 5.36. The number of aromatic amines is 1.